The summed E-state index contributed by atoms with van der Waals surface area (Å²) in [6.07, 6.45) is 2.65. The van der Waals surface area contributed by atoms with Crippen molar-refractivity contribution < 1.29 is 14.3 Å². The molecule has 0 heterocycles. The number of rotatable bonds is 8. The lowest BCUT2D eigenvalue weighted by atomic mass is 10.4. The summed E-state index contributed by atoms with van der Waals surface area (Å²) in [6.45, 7) is 4.58. The normalized spacial score (nSPS) is 11.9. The number of carbonyl (C=O) groups is 2. The van der Waals surface area contributed by atoms with Crippen molar-refractivity contribution in [2.45, 2.75) is 25.7 Å². The van der Waals surface area contributed by atoms with Crippen LogP contribution in [0.5, 0.6) is 0 Å². The molecule has 0 aromatic carbocycles. The van der Waals surface area contributed by atoms with Gasteiger partial charge < -0.3 is 15.4 Å². The molecule has 0 fully saturated rings. The van der Waals surface area contributed by atoms with Crippen LogP contribution < -0.4 is 10.6 Å². The van der Waals surface area contributed by atoms with Gasteiger partial charge >= 0.3 is 0 Å². The average Bonchev–Trinajstić information content (AvgIpc) is 2.24. The quantitative estimate of drug-likeness (QED) is 0.480. The first-order valence-electron chi connectivity index (χ1n) is 5.21. The minimum absolute atomic E-state index is 0.0325. The van der Waals surface area contributed by atoms with E-state index in [1.807, 2.05) is 13.2 Å². The van der Waals surface area contributed by atoms with Crippen LogP contribution in [0.3, 0.4) is 0 Å². The van der Waals surface area contributed by atoms with E-state index in [9.17, 15) is 9.59 Å². The third kappa shape index (κ3) is 9.79. The Morgan fingerprint density at radius 2 is 1.94 bits per heavy atom. The Labute approximate surface area is 101 Å². The van der Waals surface area contributed by atoms with Gasteiger partial charge in [0, 0.05) is 20.0 Å². The fourth-order valence-corrected chi connectivity index (χ4v) is 1.10. The van der Waals surface area contributed by atoms with Crippen molar-refractivity contribution in [3.05, 3.63) is 0 Å². The zero-order chi connectivity index (χ0) is 12.4. The van der Waals surface area contributed by atoms with Gasteiger partial charge in [0.2, 0.25) is 11.8 Å². The maximum atomic E-state index is 11.2. The molecule has 2 N–H and O–H groups in total. The van der Waals surface area contributed by atoms with Crippen molar-refractivity contribution in [2.75, 3.05) is 26.0 Å². The van der Waals surface area contributed by atoms with Crippen molar-refractivity contribution in [1.29, 1.82) is 0 Å². The summed E-state index contributed by atoms with van der Waals surface area (Å²) < 4.78 is 5.23. The standard InChI is InChI=1S/C10H20N2O3S/c1-8(13)11-5-4-6-12-10(14)7-15-9(2)16-3/h9H,4-7H2,1-3H3,(H,11,13)(H,12,14). The van der Waals surface area contributed by atoms with Gasteiger partial charge in [-0.2, -0.15) is 0 Å². The van der Waals surface area contributed by atoms with Crippen LogP contribution in [0.2, 0.25) is 0 Å². The molecule has 2 amide bonds. The molecule has 0 saturated heterocycles. The third-order valence-corrected chi connectivity index (χ3v) is 2.63. The Hall–Kier alpha value is -0.750. The lowest BCUT2D eigenvalue weighted by Gasteiger charge is -2.10. The predicted octanol–water partition coefficient (Wildman–Crippen LogP) is 0.354. The largest absolute Gasteiger partial charge is 0.358 e. The van der Waals surface area contributed by atoms with Crippen LogP contribution in [0.15, 0.2) is 0 Å². The molecule has 0 aliphatic carbocycles. The van der Waals surface area contributed by atoms with Crippen LogP contribution in [-0.4, -0.2) is 43.2 Å². The van der Waals surface area contributed by atoms with Gasteiger partial charge in [-0.05, 0) is 19.6 Å². The molecule has 0 bridgehead atoms. The van der Waals surface area contributed by atoms with Crippen LogP contribution in [0.25, 0.3) is 0 Å². The van der Waals surface area contributed by atoms with Gasteiger partial charge in [-0.15, -0.1) is 11.8 Å². The number of carbonyl (C=O) groups excluding carboxylic acids is 2. The maximum absolute atomic E-state index is 11.2. The molecule has 16 heavy (non-hydrogen) atoms. The minimum atomic E-state index is -0.122. The van der Waals surface area contributed by atoms with Crippen molar-refractivity contribution in [3.63, 3.8) is 0 Å². The summed E-state index contributed by atoms with van der Waals surface area (Å²) in [5.74, 6) is -0.174. The molecule has 0 aliphatic heterocycles. The zero-order valence-corrected chi connectivity index (χ0v) is 10.9. The SMILES string of the molecule is CSC(C)OCC(=O)NCCCNC(C)=O. The molecule has 6 heteroatoms. The van der Waals surface area contributed by atoms with Crippen molar-refractivity contribution >= 4 is 23.6 Å². The number of nitrogens with one attached hydrogen (secondary N) is 2. The first-order chi connectivity index (χ1) is 7.56. The molecular formula is C10H20N2O3S. The van der Waals surface area contributed by atoms with E-state index in [-0.39, 0.29) is 23.9 Å². The van der Waals surface area contributed by atoms with Crippen LogP contribution in [-0.2, 0) is 14.3 Å². The lowest BCUT2D eigenvalue weighted by Crippen LogP contribution is -2.31. The lowest BCUT2D eigenvalue weighted by molar-refractivity contribution is -0.126. The topological polar surface area (TPSA) is 67.4 Å². The number of hydrogen-bond donors (Lipinski definition) is 2. The second kappa shape index (κ2) is 9.47. The first kappa shape index (κ1) is 15.2. The molecule has 94 valence electrons. The van der Waals surface area contributed by atoms with Gasteiger partial charge in [0.25, 0.3) is 0 Å². The molecule has 5 nitrogen and oxygen atoms in total. The highest BCUT2D eigenvalue weighted by Crippen LogP contribution is 2.05. The number of thioether (sulfide) groups is 1. The average molecular weight is 248 g/mol. The Morgan fingerprint density at radius 1 is 1.31 bits per heavy atom. The number of hydrogen-bond acceptors (Lipinski definition) is 4. The number of amides is 2. The Morgan fingerprint density at radius 3 is 2.50 bits per heavy atom. The maximum Gasteiger partial charge on any atom is 0.246 e. The van der Waals surface area contributed by atoms with Crippen LogP contribution in [0, 0.1) is 0 Å². The van der Waals surface area contributed by atoms with E-state index < -0.39 is 0 Å². The minimum Gasteiger partial charge on any atom is -0.358 e. The summed E-state index contributed by atoms with van der Waals surface area (Å²) in [5, 5.41) is 5.37. The molecule has 0 aliphatic rings. The van der Waals surface area contributed by atoms with E-state index in [0.29, 0.717) is 13.1 Å². The fraction of sp³-hybridized carbons (Fsp3) is 0.800. The molecule has 1 atom stereocenters. The monoisotopic (exact) mass is 248 g/mol. The highest BCUT2D eigenvalue weighted by molar-refractivity contribution is 7.99. The van der Waals surface area contributed by atoms with E-state index in [1.165, 1.54) is 6.92 Å². The predicted molar refractivity (Wildman–Crippen MR) is 65.2 cm³/mol. The highest BCUT2D eigenvalue weighted by Gasteiger charge is 2.04. The van der Waals surface area contributed by atoms with E-state index in [4.69, 9.17) is 4.74 Å². The highest BCUT2D eigenvalue weighted by atomic mass is 32.2. The second-order valence-corrected chi connectivity index (χ2v) is 4.44. The fourth-order valence-electron chi connectivity index (χ4n) is 0.893. The summed E-state index contributed by atoms with van der Waals surface area (Å²) in [4.78, 5) is 21.8. The first-order valence-corrected chi connectivity index (χ1v) is 6.50. The molecule has 0 spiro atoms. The molecule has 1 unspecified atom stereocenters. The van der Waals surface area contributed by atoms with Crippen LogP contribution in [0.4, 0.5) is 0 Å². The van der Waals surface area contributed by atoms with Crippen molar-refractivity contribution in [1.82, 2.24) is 10.6 Å². The summed E-state index contributed by atoms with van der Waals surface area (Å²) in [7, 11) is 0. The molecular weight excluding hydrogens is 228 g/mol. The Balaban J connectivity index is 3.33. The van der Waals surface area contributed by atoms with Gasteiger partial charge in [-0.1, -0.05) is 0 Å². The molecule has 0 rings (SSSR count). The number of ether oxygens (including phenoxy) is 1. The smallest absolute Gasteiger partial charge is 0.246 e. The third-order valence-electron chi connectivity index (χ3n) is 1.83. The molecule has 0 aromatic rings. The summed E-state index contributed by atoms with van der Waals surface area (Å²) >= 11 is 1.55. The van der Waals surface area contributed by atoms with Gasteiger partial charge in [-0.25, -0.2) is 0 Å². The van der Waals surface area contributed by atoms with Crippen LogP contribution in [0.1, 0.15) is 20.3 Å². The van der Waals surface area contributed by atoms with Crippen molar-refractivity contribution in [3.8, 4) is 0 Å². The Kier molecular flexibility index (Phi) is 9.03. The van der Waals surface area contributed by atoms with Gasteiger partial charge in [0.15, 0.2) is 0 Å². The molecule has 0 saturated carbocycles. The van der Waals surface area contributed by atoms with E-state index in [0.717, 1.165) is 6.42 Å². The zero-order valence-electron chi connectivity index (χ0n) is 10.0. The molecule has 0 aromatic heterocycles. The van der Waals surface area contributed by atoms with Gasteiger partial charge in [0.05, 0.1) is 0 Å². The Bertz CT molecular complexity index is 224. The van der Waals surface area contributed by atoms with Gasteiger partial charge in [-0.3, -0.25) is 9.59 Å². The van der Waals surface area contributed by atoms with E-state index >= 15 is 0 Å². The van der Waals surface area contributed by atoms with Crippen molar-refractivity contribution in [2.24, 2.45) is 0 Å². The van der Waals surface area contributed by atoms with Crippen LogP contribution >= 0.6 is 11.8 Å². The van der Waals surface area contributed by atoms with E-state index in [2.05, 4.69) is 10.6 Å². The summed E-state index contributed by atoms with van der Waals surface area (Å²) in [5.41, 5.74) is 0.0325. The van der Waals surface area contributed by atoms with E-state index in [1.54, 1.807) is 11.8 Å². The summed E-state index contributed by atoms with van der Waals surface area (Å²) in [6, 6.07) is 0. The molecule has 0 radical (unpaired) electrons. The second-order valence-electron chi connectivity index (χ2n) is 3.30. The van der Waals surface area contributed by atoms with Gasteiger partial charge in [0.1, 0.15) is 12.0 Å².